The third-order valence-electron chi connectivity index (χ3n) is 4.12. The van der Waals surface area contributed by atoms with Crippen molar-refractivity contribution in [1.29, 1.82) is 0 Å². The summed E-state index contributed by atoms with van der Waals surface area (Å²) in [6.45, 7) is 1.76. The molecule has 2 N–H and O–H groups in total. The van der Waals surface area contributed by atoms with E-state index < -0.39 is 11.6 Å². The lowest BCUT2D eigenvalue weighted by Crippen LogP contribution is -2.59. The Kier molecular flexibility index (Phi) is 5.37. The Labute approximate surface area is 119 Å². The smallest absolute Gasteiger partial charge is 0.331 e. The Morgan fingerprint density at radius 3 is 2.50 bits per heavy atom. The van der Waals surface area contributed by atoms with E-state index in [4.69, 9.17) is 9.47 Å². The molecule has 0 bridgehead atoms. The molecule has 1 amide bonds. The largest absolute Gasteiger partial charge is 0.467 e. The van der Waals surface area contributed by atoms with Crippen LogP contribution in [0.4, 0.5) is 0 Å². The minimum atomic E-state index is -0.872. The standard InChI is InChI=1S/C14H24N2O4/c1-19-13(18)14(6-4-2-3-5-7-14)16-12(17)11-10-15-8-9-20-11/h11,15H,2-10H2,1H3,(H,16,17). The van der Waals surface area contributed by atoms with E-state index in [2.05, 4.69) is 10.6 Å². The molecule has 1 unspecified atom stereocenters. The molecular formula is C14H24N2O4. The van der Waals surface area contributed by atoms with Crippen LogP contribution in [0.3, 0.4) is 0 Å². The number of ether oxygens (including phenoxy) is 2. The van der Waals surface area contributed by atoms with Crippen LogP contribution in [0.5, 0.6) is 0 Å². The highest BCUT2D eigenvalue weighted by molar-refractivity contribution is 5.90. The monoisotopic (exact) mass is 284 g/mol. The summed E-state index contributed by atoms with van der Waals surface area (Å²) >= 11 is 0. The highest BCUT2D eigenvalue weighted by atomic mass is 16.5. The number of esters is 1. The van der Waals surface area contributed by atoms with Crippen LogP contribution in [0.25, 0.3) is 0 Å². The van der Waals surface area contributed by atoms with Gasteiger partial charge in [-0.2, -0.15) is 0 Å². The Morgan fingerprint density at radius 2 is 1.95 bits per heavy atom. The second kappa shape index (κ2) is 7.04. The van der Waals surface area contributed by atoms with Gasteiger partial charge in [0.1, 0.15) is 11.6 Å². The summed E-state index contributed by atoms with van der Waals surface area (Å²) in [4.78, 5) is 24.5. The third-order valence-corrected chi connectivity index (χ3v) is 4.12. The fourth-order valence-corrected chi connectivity index (χ4v) is 2.96. The molecule has 0 spiro atoms. The molecule has 0 aromatic rings. The van der Waals surface area contributed by atoms with E-state index >= 15 is 0 Å². The molecule has 114 valence electrons. The maximum atomic E-state index is 12.3. The molecule has 1 atom stereocenters. The number of amides is 1. The van der Waals surface area contributed by atoms with Crippen molar-refractivity contribution in [2.75, 3.05) is 26.8 Å². The van der Waals surface area contributed by atoms with Gasteiger partial charge in [0.25, 0.3) is 5.91 Å². The molecule has 1 saturated carbocycles. The van der Waals surface area contributed by atoms with Gasteiger partial charge < -0.3 is 20.1 Å². The van der Waals surface area contributed by atoms with Crippen molar-refractivity contribution in [1.82, 2.24) is 10.6 Å². The van der Waals surface area contributed by atoms with E-state index in [-0.39, 0.29) is 11.9 Å². The molecule has 20 heavy (non-hydrogen) atoms. The maximum absolute atomic E-state index is 12.3. The van der Waals surface area contributed by atoms with Crippen molar-refractivity contribution in [2.24, 2.45) is 0 Å². The fraction of sp³-hybridized carbons (Fsp3) is 0.857. The molecule has 6 heteroatoms. The van der Waals surface area contributed by atoms with Crippen molar-refractivity contribution in [3.05, 3.63) is 0 Å². The topological polar surface area (TPSA) is 76.7 Å². The van der Waals surface area contributed by atoms with Crippen LogP contribution < -0.4 is 10.6 Å². The number of rotatable bonds is 3. The van der Waals surface area contributed by atoms with E-state index in [1.165, 1.54) is 7.11 Å². The number of nitrogens with one attached hydrogen (secondary N) is 2. The van der Waals surface area contributed by atoms with Crippen molar-refractivity contribution < 1.29 is 19.1 Å². The number of hydrogen-bond donors (Lipinski definition) is 2. The minimum absolute atomic E-state index is 0.218. The van der Waals surface area contributed by atoms with Gasteiger partial charge in [0.05, 0.1) is 13.7 Å². The average molecular weight is 284 g/mol. The van der Waals surface area contributed by atoms with Crippen LogP contribution in [-0.2, 0) is 19.1 Å². The summed E-state index contributed by atoms with van der Waals surface area (Å²) in [5, 5.41) is 6.03. The predicted octanol–water partition coefficient (Wildman–Crippen LogP) is 0.357. The molecule has 1 saturated heterocycles. The highest BCUT2D eigenvalue weighted by Crippen LogP contribution is 2.28. The van der Waals surface area contributed by atoms with Gasteiger partial charge in [0.15, 0.2) is 0 Å². The zero-order valence-corrected chi connectivity index (χ0v) is 12.1. The van der Waals surface area contributed by atoms with Crippen LogP contribution in [0.2, 0.25) is 0 Å². The van der Waals surface area contributed by atoms with E-state index in [1.54, 1.807) is 0 Å². The third kappa shape index (κ3) is 3.49. The average Bonchev–Trinajstić information content (AvgIpc) is 2.74. The van der Waals surface area contributed by atoms with Crippen LogP contribution in [-0.4, -0.2) is 50.3 Å². The van der Waals surface area contributed by atoms with E-state index in [9.17, 15) is 9.59 Å². The van der Waals surface area contributed by atoms with E-state index in [0.29, 0.717) is 26.0 Å². The van der Waals surface area contributed by atoms with Crippen molar-refractivity contribution in [3.8, 4) is 0 Å². The van der Waals surface area contributed by atoms with Crippen LogP contribution >= 0.6 is 0 Å². The lowest BCUT2D eigenvalue weighted by atomic mass is 9.89. The molecule has 1 heterocycles. The lowest BCUT2D eigenvalue weighted by Gasteiger charge is -2.33. The first kappa shape index (κ1) is 15.3. The minimum Gasteiger partial charge on any atom is -0.467 e. The fourth-order valence-electron chi connectivity index (χ4n) is 2.96. The van der Waals surface area contributed by atoms with Crippen LogP contribution in [0.1, 0.15) is 38.5 Å². The molecular weight excluding hydrogens is 260 g/mol. The van der Waals surface area contributed by atoms with Gasteiger partial charge in [-0.1, -0.05) is 25.7 Å². The zero-order valence-electron chi connectivity index (χ0n) is 12.1. The molecule has 1 aliphatic heterocycles. The molecule has 0 aromatic heterocycles. The Bertz CT molecular complexity index is 345. The lowest BCUT2D eigenvalue weighted by molar-refractivity contribution is -0.154. The Morgan fingerprint density at radius 1 is 1.25 bits per heavy atom. The van der Waals surface area contributed by atoms with Crippen molar-refractivity contribution in [3.63, 3.8) is 0 Å². The first-order chi connectivity index (χ1) is 9.68. The van der Waals surface area contributed by atoms with Crippen LogP contribution in [0, 0.1) is 0 Å². The van der Waals surface area contributed by atoms with Gasteiger partial charge in [-0.25, -0.2) is 4.79 Å². The van der Waals surface area contributed by atoms with Gasteiger partial charge >= 0.3 is 5.97 Å². The molecule has 2 aliphatic rings. The van der Waals surface area contributed by atoms with E-state index in [0.717, 1.165) is 32.2 Å². The molecule has 2 fully saturated rings. The molecule has 2 rings (SSSR count). The normalized spacial score (nSPS) is 26.4. The number of morpholine rings is 1. The molecule has 6 nitrogen and oxygen atoms in total. The summed E-state index contributed by atoms with van der Waals surface area (Å²) in [7, 11) is 1.37. The molecule has 1 aliphatic carbocycles. The summed E-state index contributed by atoms with van der Waals surface area (Å²) in [5.41, 5.74) is -0.872. The molecule has 0 radical (unpaired) electrons. The SMILES string of the molecule is COC(=O)C1(NC(=O)C2CNCCO2)CCCCCC1. The summed E-state index contributed by atoms with van der Waals surface area (Å²) in [6.07, 6.45) is 4.82. The van der Waals surface area contributed by atoms with Gasteiger partial charge in [-0.3, -0.25) is 4.79 Å². The van der Waals surface area contributed by atoms with Gasteiger partial charge in [-0.15, -0.1) is 0 Å². The first-order valence-electron chi connectivity index (χ1n) is 7.41. The maximum Gasteiger partial charge on any atom is 0.331 e. The first-order valence-corrected chi connectivity index (χ1v) is 7.41. The zero-order chi connectivity index (χ0) is 14.4. The summed E-state index contributed by atoms with van der Waals surface area (Å²) in [5.74, 6) is -0.555. The predicted molar refractivity (Wildman–Crippen MR) is 73.2 cm³/mol. The summed E-state index contributed by atoms with van der Waals surface area (Å²) < 4.78 is 10.4. The van der Waals surface area contributed by atoms with Gasteiger partial charge in [-0.05, 0) is 12.8 Å². The number of carbonyl (C=O) groups excluding carboxylic acids is 2. The second-order valence-corrected chi connectivity index (χ2v) is 5.54. The Hall–Kier alpha value is -1.14. The van der Waals surface area contributed by atoms with Gasteiger partial charge in [0, 0.05) is 13.1 Å². The number of carbonyl (C=O) groups is 2. The second-order valence-electron chi connectivity index (χ2n) is 5.54. The van der Waals surface area contributed by atoms with Gasteiger partial charge in [0.2, 0.25) is 0 Å². The summed E-state index contributed by atoms with van der Waals surface area (Å²) in [6, 6.07) is 0. The number of methoxy groups -OCH3 is 1. The van der Waals surface area contributed by atoms with E-state index in [1.807, 2.05) is 0 Å². The molecule has 0 aromatic carbocycles. The van der Waals surface area contributed by atoms with Crippen LogP contribution in [0.15, 0.2) is 0 Å². The quantitative estimate of drug-likeness (QED) is 0.578. The highest BCUT2D eigenvalue weighted by Gasteiger charge is 2.42. The van der Waals surface area contributed by atoms with Crippen molar-refractivity contribution >= 4 is 11.9 Å². The number of hydrogen-bond acceptors (Lipinski definition) is 5. The van der Waals surface area contributed by atoms with Crippen molar-refractivity contribution in [2.45, 2.75) is 50.2 Å². The Balaban J connectivity index is 2.06.